The molecule has 0 aromatic heterocycles. The minimum atomic E-state index is -0.537. The van der Waals surface area contributed by atoms with E-state index in [2.05, 4.69) is 10.6 Å². The molecule has 4 N–H and O–H groups in total. The molecule has 1 aliphatic carbocycles. The van der Waals surface area contributed by atoms with Crippen molar-refractivity contribution in [2.45, 2.75) is 18.9 Å². The Labute approximate surface area is 83.5 Å². The molecule has 1 aliphatic rings. The maximum Gasteiger partial charge on any atom is 0.234 e. The maximum atomic E-state index is 11.2. The fourth-order valence-corrected chi connectivity index (χ4v) is 1.14. The number of hydrogen-bond acceptors (Lipinski definition) is 4. The fraction of sp³-hybridized carbons (Fsp3) is 0.889. The van der Waals surface area contributed by atoms with E-state index in [9.17, 15) is 4.79 Å². The van der Waals surface area contributed by atoms with Gasteiger partial charge >= 0.3 is 0 Å². The Hall–Kier alpha value is -0.650. The van der Waals surface area contributed by atoms with E-state index in [0.717, 1.165) is 12.5 Å². The summed E-state index contributed by atoms with van der Waals surface area (Å²) in [5.41, 5.74) is 0. The summed E-state index contributed by atoms with van der Waals surface area (Å²) in [6.45, 7) is 0.680. The fourth-order valence-electron chi connectivity index (χ4n) is 1.14. The van der Waals surface area contributed by atoms with Crippen molar-refractivity contribution >= 4 is 5.91 Å². The summed E-state index contributed by atoms with van der Waals surface area (Å²) < 4.78 is 0. The molecular formula is C9H18N2O3. The third kappa shape index (κ3) is 4.55. The first-order chi connectivity index (χ1) is 6.76. The van der Waals surface area contributed by atoms with Gasteiger partial charge in [0.1, 0.15) is 0 Å². The quantitative estimate of drug-likeness (QED) is 0.403. The van der Waals surface area contributed by atoms with Crippen LogP contribution in [0.25, 0.3) is 0 Å². The van der Waals surface area contributed by atoms with Crippen molar-refractivity contribution in [3.8, 4) is 0 Å². The van der Waals surface area contributed by atoms with Crippen molar-refractivity contribution < 1.29 is 15.0 Å². The van der Waals surface area contributed by atoms with E-state index in [-0.39, 0.29) is 25.7 Å². The van der Waals surface area contributed by atoms with Gasteiger partial charge in [0.25, 0.3) is 0 Å². The SMILES string of the molecule is O=C(CNCC1CC1)NC(CO)CO. The van der Waals surface area contributed by atoms with Crippen LogP contribution < -0.4 is 10.6 Å². The Bertz CT molecular complexity index is 179. The second kappa shape index (κ2) is 5.95. The Morgan fingerprint density at radius 1 is 1.36 bits per heavy atom. The van der Waals surface area contributed by atoms with Gasteiger partial charge in [-0.15, -0.1) is 0 Å². The van der Waals surface area contributed by atoms with Crippen LogP contribution in [0.5, 0.6) is 0 Å². The monoisotopic (exact) mass is 202 g/mol. The average molecular weight is 202 g/mol. The van der Waals surface area contributed by atoms with Crippen LogP contribution in [0.4, 0.5) is 0 Å². The summed E-state index contributed by atoms with van der Waals surface area (Å²) in [5.74, 6) is 0.563. The van der Waals surface area contributed by atoms with E-state index in [1.54, 1.807) is 0 Å². The standard InChI is InChI=1S/C9H18N2O3/c12-5-8(6-13)11-9(14)4-10-3-7-1-2-7/h7-8,10,12-13H,1-6H2,(H,11,14). The molecule has 1 saturated carbocycles. The van der Waals surface area contributed by atoms with E-state index in [1.165, 1.54) is 12.8 Å². The molecule has 1 fully saturated rings. The van der Waals surface area contributed by atoms with E-state index in [4.69, 9.17) is 10.2 Å². The number of carbonyl (C=O) groups is 1. The number of carbonyl (C=O) groups excluding carboxylic acids is 1. The molecule has 0 saturated heterocycles. The zero-order valence-corrected chi connectivity index (χ0v) is 8.20. The second-order valence-corrected chi connectivity index (χ2v) is 3.70. The number of hydrogen-bond donors (Lipinski definition) is 4. The summed E-state index contributed by atoms with van der Waals surface area (Å²) in [7, 11) is 0. The first kappa shape index (κ1) is 11.4. The largest absolute Gasteiger partial charge is 0.394 e. The molecule has 5 nitrogen and oxygen atoms in total. The van der Waals surface area contributed by atoms with Crippen LogP contribution in [0, 0.1) is 5.92 Å². The predicted molar refractivity (Wildman–Crippen MR) is 51.7 cm³/mol. The van der Waals surface area contributed by atoms with Crippen molar-refractivity contribution in [1.82, 2.24) is 10.6 Å². The van der Waals surface area contributed by atoms with Crippen LogP contribution >= 0.6 is 0 Å². The normalized spacial score (nSPS) is 15.9. The zero-order valence-electron chi connectivity index (χ0n) is 8.20. The lowest BCUT2D eigenvalue weighted by Crippen LogP contribution is -2.44. The Morgan fingerprint density at radius 3 is 2.50 bits per heavy atom. The average Bonchev–Trinajstić information content (AvgIpc) is 2.98. The van der Waals surface area contributed by atoms with Crippen LogP contribution in [0.1, 0.15) is 12.8 Å². The molecule has 0 heterocycles. The highest BCUT2D eigenvalue weighted by atomic mass is 16.3. The molecule has 0 unspecified atom stereocenters. The topological polar surface area (TPSA) is 81.6 Å². The van der Waals surface area contributed by atoms with Crippen LogP contribution in [0.2, 0.25) is 0 Å². The Kier molecular flexibility index (Phi) is 4.86. The third-order valence-electron chi connectivity index (χ3n) is 2.22. The van der Waals surface area contributed by atoms with Crippen molar-refractivity contribution in [2.75, 3.05) is 26.3 Å². The van der Waals surface area contributed by atoms with Crippen LogP contribution in [-0.2, 0) is 4.79 Å². The van der Waals surface area contributed by atoms with E-state index in [0.29, 0.717) is 0 Å². The van der Waals surface area contributed by atoms with Gasteiger partial charge in [0.2, 0.25) is 5.91 Å². The molecule has 14 heavy (non-hydrogen) atoms. The zero-order chi connectivity index (χ0) is 10.4. The minimum absolute atomic E-state index is 0.182. The molecule has 0 spiro atoms. The van der Waals surface area contributed by atoms with Gasteiger partial charge in [-0.2, -0.15) is 0 Å². The lowest BCUT2D eigenvalue weighted by Gasteiger charge is -2.13. The molecular weight excluding hydrogens is 184 g/mol. The van der Waals surface area contributed by atoms with Gasteiger partial charge < -0.3 is 20.8 Å². The molecule has 0 aromatic rings. The summed E-state index contributed by atoms with van der Waals surface area (Å²) in [6, 6.07) is -0.537. The molecule has 0 atom stereocenters. The van der Waals surface area contributed by atoms with Gasteiger partial charge in [-0.3, -0.25) is 4.79 Å². The van der Waals surface area contributed by atoms with Gasteiger partial charge in [-0.05, 0) is 25.3 Å². The summed E-state index contributed by atoms with van der Waals surface area (Å²) in [6.07, 6.45) is 2.51. The predicted octanol–water partition coefficient (Wildman–Crippen LogP) is -1.54. The first-order valence-electron chi connectivity index (χ1n) is 4.98. The number of amides is 1. The summed E-state index contributed by atoms with van der Waals surface area (Å²) in [4.78, 5) is 11.2. The highest BCUT2D eigenvalue weighted by Crippen LogP contribution is 2.27. The number of aliphatic hydroxyl groups is 2. The molecule has 0 aromatic carbocycles. The molecule has 0 radical (unpaired) electrons. The van der Waals surface area contributed by atoms with Crippen molar-refractivity contribution in [3.63, 3.8) is 0 Å². The van der Waals surface area contributed by atoms with Gasteiger partial charge in [-0.25, -0.2) is 0 Å². The second-order valence-electron chi connectivity index (χ2n) is 3.70. The van der Waals surface area contributed by atoms with Crippen LogP contribution in [-0.4, -0.2) is 48.5 Å². The molecule has 82 valence electrons. The first-order valence-corrected chi connectivity index (χ1v) is 4.98. The van der Waals surface area contributed by atoms with Gasteiger partial charge in [0.15, 0.2) is 0 Å². The van der Waals surface area contributed by atoms with Gasteiger partial charge in [0.05, 0.1) is 25.8 Å². The summed E-state index contributed by atoms with van der Waals surface area (Å²) >= 11 is 0. The third-order valence-corrected chi connectivity index (χ3v) is 2.22. The smallest absolute Gasteiger partial charge is 0.234 e. The number of nitrogens with one attached hydrogen (secondary N) is 2. The Balaban J connectivity index is 2.01. The minimum Gasteiger partial charge on any atom is -0.394 e. The van der Waals surface area contributed by atoms with Crippen molar-refractivity contribution in [2.24, 2.45) is 5.92 Å². The Morgan fingerprint density at radius 2 is 2.00 bits per heavy atom. The lowest BCUT2D eigenvalue weighted by atomic mass is 10.3. The molecule has 1 amide bonds. The highest BCUT2D eigenvalue weighted by Gasteiger charge is 2.20. The van der Waals surface area contributed by atoms with E-state index < -0.39 is 6.04 Å². The molecule has 5 heteroatoms. The van der Waals surface area contributed by atoms with Crippen LogP contribution in [0.15, 0.2) is 0 Å². The lowest BCUT2D eigenvalue weighted by molar-refractivity contribution is -0.121. The van der Waals surface area contributed by atoms with Crippen molar-refractivity contribution in [1.29, 1.82) is 0 Å². The van der Waals surface area contributed by atoms with E-state index >= 15 is 0 Å². The number of rotatable bonds is 7. The van der Waals surface area contributed by atoms with Gasteiger partial charge in [0, 0.05) is 0 Å². The highest BCUT2D eigenvalue weighted by molar-refractivity contribution is 5.78. The van der Waals surface area contributed by atoms with Crippen molar-refractivity contribution in [3.05, 3.63) is 0 Å². The maximum absolute atomic E-state index is 11.2. The molecule has 1 rings (SSSR count). The van der Waals surface area contributed by atoms with Crippen LogP contribution in [0.3, 0.4) is 0 Å². The van der Waals surface area contributed by atoms with E-state index in [1.807, 2.05) is 0 Å². The molecule has 0 bridgehead atoms. The van der Waals surface area contributed by atoms with Gasteiger partial charge in [-0.1, -0.05) is 0 Å². The number of aliphatic hydroxyl groups excluding tert-OH is 2. The molecule has 0 aliphatic heterocycles. The summed E-state index contributed by atoms with van der Waals surface area (Å²) in [5, 5.41) is 22.9.